The number of phenols is 1. The molecule has 0 saturated carbocycles. The highest BCUT2D eigenvalue weighted by atomic mass is 16.6. The molecule has 0 fully saturated rings. The largest absolute Gasteiger partial charge is 0.507 e. The van der Waals surface area contributed by atoms with Crippen molar-refractivity contribution in [2.45, 2.75) is 0 Å². The Labute approximate surface area is 84.7 Å². The van der Waals surface area contributed by atoms with Gasteiger partial charge < -0.3 is 16.2 Å². The number of amides is 1. The molecule has 1 aromatic carbocycles. The summed E-state index contributed by atoms with van der Waals surface area (Å²) in [6.07, 6.45) is 0. The first kappa shape index (κ1) is 10.8. The first-order valence-electron chi connectivity index (χ1n) is 3.97. The van der Waals surface area contributed by atoms with Gasteiger partial charge in [0.2, 0.25) is 0 Å². The van der Waals surface area contributed by atoms with Gasteiger partial charge in [-0.3, -0.25) is 14.9 Å². The first-order chi connectivity index (χ1) is 6.99. The van der Waals surface area contributed by atoms with Crippen molar-refractivity contribution >= 4 is 17.3 Å². The molecule has 7 heteroatoms. The van der Waals surface area contributed by atoms with Crippen molar-refractivity contribution in [1.29, 1.82) is 0 Å². The summed E-state index contributed by atoms with van der Waals surface area (Å²) >= 11 is 0. The van der Waals surface area contributed by atoms with Gasteiger partial charge in [-0.25, -0.2) is 0 Å². The number of phenolic OH excluding ortho intramolecular Hbond substituents is 1. The molecule has 0 bridgehead atoms. The van der Waals surface area contributed by atoms with Crippen molar-refractivity contribution in [2.24, 2.45) is 0 Å². The van der Waals surface area contributed by atoms with Crippen LogP contribution in [0, 0.1) is 10.1 Å². The summed E-state index contributed by atoms with van der Waals surface area (Å²) in [7, 11) is 1.33. The molecule has 0 aromatic heterocycles. The molecule has 0 saturated heterocycles. The minimum absolute atomic E-state index is 0.285. The molecule has 0 aliphatic rings. The van der Waals surface area contributed by atoms with Gasteiger partial charge in [0, 0.05) is 13.1 Å². The Hall–Kier alpha value is -2.31. The van der Waals surface area contributed by atoms with E-state index >= 15 is 0 Å². The smallest absolute Gasteiger partial charge is 0.293 e. The molecule has 1 rings (SSSR count). The van der Waals surface area contributed by atoms with Gasteiger partial charge in [-0.1, -0.05) is 0 Å². The highest BCUT2D eigenvalue weighted by molar-refractivity contribution is 6.03. The van der Waals surface area contributed by atoms with Crippen molar-refractivity contribution in [2.75, 3.05) is 12.8 Å². The Balaban J connectivity index is 3.43. The zero-order valence-corrected chi connectivity index (χ0v) is 7.85. The number of nitrogens with one attached hydrogen (secondary N) is 1. The predicted octanol–water partition coefficient (Wildman–Crippen LogP) is 0.242. The quantitative estimate of drug-likeness (QED) is 0.368. The highest BCUT2D eigenvalue weighted by Gasteiger charge is 2.22. The van der Waals surface area contributed by atoms with E-state index in [-0.39, 0.29) is 11.3 Å². The topological polar surface area (TPSA) is 118 Å². The second-order valence-corrected chi connectivity index (χ2v) is 2.73. The lowest BCUT2D eigenvalue weighted by Gasteiger charge is -2.06. The van der Waals surface area contributed by atoms with Crippen molar-refractivity contribution in [3.63, 3.8) is 0 Å². The normalized spacial score (nSPS) is 9.67. The zero-order chi connectivity index (χ0) is 11.6. The average Bonchev–Trinajstić information content (AvgIpc) is 2.16. The van der Waals surface area contributed by atoms with E-state index in [2.05, 4.69) is 5.32 Å². The Morgan fingerprint density at radius 2 is 2.20 bits per heavy atom. The standard InChI is InChI=1S/C8H9N3O4/c1-10-8(13)6-5(12)3-2-4(7(6)9)11(14)15/h2-3,12H,9H2,1H3,(H,10,13). The second-order valence-electron chi connectivity index (χ2n) is 2.73. The Morgan fingerprint density at radius 1 is 1.60 bits per heavy atom. The van der Waals surface area contributed by atoms with Gasteiger partial charge in [0.25, 0.3) is 11.6 Å². The molecule has 0 radical (unpaired) electrons. The second kappa shape index (κ2) is 3.82. The number of nitro benzene ring substituents is 1. The Bertz CT molecular complexity index is 430. The fraction of sp³-hybridized carbons (Fsp3) is 0.125. The van der Waals surface area contributed by atoms with Crippen LogP contribution in [0.25, 0.3) is 0 Å². The fourth-order valence-electron chi connectivity index (χ4n) is 1.12. The molecule has 1 amide bonds. The van der Waals surface area contributed by atoms with E-state index in [0.717, 1.165) is 12.1 Å². The maximum atomic E-state index is 11.3. The van der Waals surface area contributed by atoms with Gasteiger partial charge in [-0.05, 0) is 6.07 Å². The van der Waals surface area contributed by atoms with Crippen molar-refractivity contribution in [3.05, 3.63) is 27.8 Å². The lowest BCUT2D eigenvalue weighted by atomic mass is 10.1. The van der Waals surface area contributed by atoms with Gasteiger partial charge in [0.05, 0.1) is 4.92 Å². The molecule has 0 heterocycles. The molecule has 4 N–H and O–H groups in total. The summed E-state index contributed by atoms with van der Waals surface area (Å²) < 4.78 is 0. The predicted molar refractivity (Wildman–Crippen MR) is 52.6 cm³/mol. The number of hydrogen-bond acceptors (Lipinski definition) is 5. The van der Waals surface area contributed by atoms with Crippen molar-refractivity contribution < 1.29 is 14.8 Å². The van der Waals surface area contributed by atoms with E-state index in [1.54, 1.807) is 0 Å². The van der Waals surface area contributed by atoms with Crippen LogP contribution in [-0.2, 0) is 0 Å². The minimum Gasteiger partial charge on any atom is -0.507 e. The minimum atomic E-state index is -0.721. The SMILES string of the molecule is CNC(=O)c1c(O)ccc([N+](=O)[O-])c1N. The third kappa shape index (κ3) is 1.80. The fourth-order valence-corrected chi connectivity index (χ4v) is 1.12. The number of nitrogens with zero attached hydrogens (tertiary/aromatic N) is 1. The third-order valence-electron chi connectivity index (χ3n) is 1.85. The van der Waals surface area contributed by atoms with Crippen LogP contribution in [0.5, 0.6) is 5.75 Å². The van der Waals surface area contributed by atoms with Gasteiger partial charge in [0.15, 0.2) is 0 Å². The van der Waals surface area contributed by atoms with Crippen LogP contribution < -0.4 is 11.1 Å². The summed E-state index contributed by atoms with van der Waals surface area (Å²) in [6.45, 7) is 0. The molecular weight excluding hydrogens is 202 g/mol. The molecule has 0 unspecified atom stereocenters. The maximum absolute atomic E-state index is 11.3. The van der Waals surface area contributed by atoms with E-state index < -0.39 is 22.3 Å². The van der Waals surface area contributed by atoms with Crippen LogP contribution in [0.15, 0.2) is 12.1 Å². The molecule has 7 nitrogen and oxygen atoms in total. The van der Waals surface area contributed by atoms with Crippen LogP contribution in [0.1, 0.15) is 10.4 Å². The summed E-state index contributed by atoms with van der Waals surface area (Å²) in [5.74, 6) is -1.06. The summed E-state index contributed by atoms with van der Waals surface area (Å²) in [5, 5.41) is 22.1. The van der Waals surface area contributed by atoms with Crippen LogP contribution in [0.2, 0.25) is 0 Å². The zero-order valence-electron chi connectivity index (χ0n) is 7.85. The highest BCUT2D eigenvalue weighted by Crippen LogP contribution is 2.31. The van der Waals surface area contributed by atoms with Crippen LogP contribution in [0.4, 0.5) is 11.4 Å². The van der Waals surface area contributed by atoms with Crippen molar-refractivity contribution in [3.8, 4) is 5.75 Å². The molecule has 15 heavy (non-hydrogen) atoms. The van der Waals surface area contributed by atoms with Crippen LogP contribution in [-0.4, -0.2) is 23.0 Å². The lowest BCUT2D eigenvalue weighted by Crippen LogP contribution is -2.20. The molecule has 80 valence electrons. The molecular formula is C8H9N3O4. The number of nitrogens with two attached hydrogens (primary N) is 1. The molecule has 1 aromatic rings. The number of carbonyl (C=O) groups is 1. The number of aromatic hydroxyl groups is 1. The third-order valence-corrected chi connectivity index (χ3v) is 1.85. The Morgan fingerprint density at radius 3 is 2.67 bits per heavy atom. The van der Waals surface area contributed by atoms with Gasteiger partial charge in [-0.15, -0.1) is 0 Å². The van der Waals surface area contributed by atoms with Gasteiger partial charge in [-0.2, -0.15) is 0 Å². The molecule has 0 aliphatic carbocycles. The molecule has 0 atom stereocenters. The summed E-state index contributed by atoms with van der Waals surface area (Å²) in [6, 6.07) is 2.09. The van der Waals surface area contributed by atoms with Crippen LogP contribution >= 0.6 is 0 Å². The summed E-state index contributed by atoms with van der Waals surface area (Å²) in [5.41, 5.74) is 4.36. The number of nitrogen functional groups attached to an aromatic ring is 1. The van der Waals surface area contributed by atoms with E-state index in [0.29, 0.717) is 0 Å². The van der Waals surface area contributed by atoms with Gasteiger partial charge in [0.1, 0.15) is 17.0 Å². The molecule has 0 aliphatic heterocycles. The van der Waals surface area contributed by atoms with E-state index in [1.165, 1.54) is 7.05 Å². The molecule has 0 spiro atoms. The van der Waals surface area contributed by atoms with Crippen LogP contribution in [0.3, 0.4) is 0 Å². The number of anilines is 1. The summed E-state index contributed by atoms with van der Waals surface area (Å²) in [4.78, 5) is 21.0. The van der Waals surface area contributed by atoms with Crippen molar-refractivity contribution in [1.82, 2.24) is 5.32 Å². The number of rotatable bonds is 2. The number of carbonyl (C=O) groups excluding carboxylic acids is 1. The number of nitro groups is 1. The van der Waals surface area contributed by atoms with E-state index in [1.807, 2.05) is 0 Å². The van der Waals surface area contributed by atoms with Gasteiger partial charge >= 0.3 is 0 Å². The maximum Gasteiger partial charge on any atom is 0.293 e. The lowest BCUT2D eigenvalue weighted by molar-refractivity contribution is -0.383. The van der Waals surface area contributed by atoms with E-state index in [9.17, 15) is 20.0 Å². The first-order valence-corrected chi connectivity index (χ1v) is 3.97. The monoisotopic (exact) mass is 211 g/mol. The van der Waals surface area contributed by atoms with E-state index in [4.69, 9.17) is 5.73 Å². The number of benzene rings is 1. The Kier molecular flexibility index (Phi) is 2.75. The average molecular weight is 211 g/mol. The number of hydrogen-bond donors (Lipinski definition) is 3.